The van der Waals surface area contributed by atoms with Crippen LogP contribution in [0.1, 0.15) is 90.4 Å². The Bertz CT molecular complexity index is 519. The maximum Gasteiger partial charge on any atom is 0.330 e. The van der Waals surface area contributed by atoms with E-state index in [4.69, 9.17) is 37.9 Å². The van der Waals surface area contributed by atoms with Gasteiger partial charge in [-0.05, 0) is 6.42 Å². The highest BCUT2D eigenvalue weighted by molar-refractivity contribution is 5.81. The monoisotopic (exact) mass is 590 g/mol. The smallest absolute Gasteiger partial charge is 0.330 e. The molecule has 0 aromatic carbocycles. The van der Waals surface area contributed by atoms with E-state index in [1.807, 2.05) is 0 Å². The summed E-state index contributed by atoms with van der Waals surface area (Å²) in [6.45, 7) is 13.3. The van der Waals surface area contributed by atoms with Crippen molar-refractivity contribution in [3.8, 4) is 0 Å². The summed E-state index contributed by atoms with van der Waals surface area (Å²) in [5, 5.41) is 0. The highest BCUT2D eigenvalue weighted by Crippen LogP contribution is 2.12. The molecule has 0 saturated carbocycles. The van der Waals surface area contributed by atoms with Gasteiger partial charge in [-0.1, -0.05) is 90.6 Å². The predicted molar refractivity (Wildman–Crippen MR) is 163 cm³/mol. The van der Waals surface area contributed by atoms with Crippen LogP contribution in [-0.4, -0.2) is 105 Å². The van der Waals surface area contributed by atoms with E-state index in [-0.39, 0.29) is 6.61 Å². The first-order chi connectivity index (χ1) is 20.3. The normalized spacial score (nSPS) is 11.2. The largest absolute Gasteiger partial charge is 0.460 e. The molecule has 0 rings (SSSR count). The fraction of sp³-hybridized carbons (Fsp3) is 0.906. The third kappa shape index (κ3) is 36.9. The van der Waals surface area contributed by atoms with Crippen molar-refractivity contribution in [3.05, 3.63) is 12.7 Å². The fourth-order valence-electron chi connectivity index (χ4n) is 3.90. The molecule has 0 aliphatic carbocycles. The van der Waals surface area contributed by atoms with Gasteiger partial charge in [-0.25, -0.2) is 4.79 Å². The van der Waals surface area contributed by atoms with Crippen molar-refractivity contribution in [3.63, 3.8) is 0 Å². The minimum absolute atomic E-state index is 0.210. The zero-order valence-corrected chi connectivity index (χ0v) is 26.3. The Morgan fingerprint density at radius 2 is 0.683 bits per heavy atom. The lowest BCUT2D eigenvalue weighted by atomic mass is 10.0. The summed E-state index contributed by atoms with van der Waals surface area (Å²) in [6.07, 6.45) is 18.9. The average molecular weight is 591 g/mol. The second kappa shape index (κ2) is 37.0. The molecule has 0 atom stereocenters. The molecule has 0 aliphatic rings. The van der Waals surface area contributed by atoms with Crippen LogP contribution in [0.5, 0.6) is 0 Å². The molecule has 0 unspecified atom stereocenters. The lowest BCUT2D eigenvalue weighted by Gasteiger charge is -2.08. The third-order valence-corrected chi connectivity index (χ3v) is 6.26. The Hall–Kier alpha value is -1.07. The number of hydrogen-bond acceptors (Lipinski definition) is 9. The number of rotatable bonds is 36. The van der Waals surface area contributed by atoms with Crippen LogP contribution in [0.3, 0.4) is 0 Å². The first-order valence-corrected chi connectivity index (χ1v) is 16.1. The van der Waals surface area contributed by atoms with Crippen molar-refractivity contribution in [1.29, 1.82) is 0 Å². The maximum absolute atomic E-state index is 10.8. The molecule has 0 N–H and O–H groups in total. The topological polar surface area (TPSA) is 90.9 Å². The molecule has 0 radical (unpaired) electrons. The molecule has 41 heavy (non-hydrogen) atoms. The summed E-state index contributed by atoms with van der Waals surface area (Å²) >= 11 is 0. The molecule has 9 nitrogen and oxygen atoms in total. The van der Waals surface area contributed by atoms with Crippen LogP contribution < -0.4 is 0 Å². The van der Waals surface area contributed by atoms with Crippen LogP contribution in [0.4, 0.5) is 0 Å². The SMILES string of the molecule is C=CC(=O)OCCOCCOCCOCCOCCOCCOCCOCCCCCCCCCCCCCCC. The molecule has 9 heteroatoms. The van der Waals surface area contributed by atoms with Crippen molar-refractivity contribution in [2.45, 2.75) is 90.4 Å². The van der Waals surface area contributed by atoms with Crippen LogP contribution in [0, 0.1) is 0 Å². The predicted octanol–water partition coefficient (Wildman–Crippen LogP) is 5.92. The van der Waals surface area contributed by atoms with E-state index >= 15 is 0 Å². The molecule has 0 fully saturated rings. The summed E-state index contributed by atoms with van der Waals surface area (Å²) in [4.78, 5) is 10.8. The molecule has 0 spiro atoms. The summed E-state index contributed by atoms with van der Waals surface area (Å²) in [5.74, 6) is -0.449. The fourth-order valence-corrected chi connectivity index (χ4v) is 3.90. The summed E-state index contributed by atoms with van der Waals surface area (Å²) in [5.41, 5.74) is 0. The molecule has 0 aromatic heterocycles. The van der Waals surface area contributed by atoms with E-state index in [1.165, 1.54) is 77.0 Å². The minimum Gasteiger partial charge on any atom is -0.460 e. The highest BCUT2D eigenvalue weighted by Gasteiger charge is 1.97. The van der Waals surface area contributed by atoms with E-state index < -0.39 is 5.97 Å². The van der Waals surface area contributed by atoms with E-state index in [0.717, 1.165) is 19.1 Å². The lowest BCUT2D eigenvalue weighted by molar-refractivity contribution is -0.139. The molecule has 0 amide bonds. The van der Waals surface area contributed by atoms with Crippen LogP contribution >= 0.6 is 0 Å². The van der Waals surface area contributed by atoms with Crippen molar-refractivity contribution in [2.24, 2.45) is 0 Å². The zero-order valence-electron chi connectivity index (χ0n) is 26.3. The summed E-state index contributed by atoms with van der Waals surface area (Å²) < 4.78 is 43.0. The Kier molecular flexibility index (Phi) is 36.0. The standard InChI is InChI=1S/C32H62O9/c1-3-5-6-7-8-9-10-11-12-13-14-15-16-17-34-18-19-35-20-21-36-22-23-37-24-25-38-26-27-39-28-29-40-30-31-41-32(33)4-2/h4H,2-3,5-31H2,1H3. The molecule has 0 aliphatic heterocycles. The highest BCUT2D eigenvalue weighted by atomic mass is 16.6. The first kappa shape index (κ1) is 39.9. The number of unbranched alkanes of at least 4 members (excludes halogenated alkanes) is 12. The lowest BCUT2D eigenvalue weighted by Crippen LogP contribution is -2.15. The van der Waals surface area contributed by atoms with E-state index in [1.54, 1.807) is 0 Å². The van der Waals surface area contributed by atoms with Crippen molar-refractivity contribution in [1.82, 2.24) is 0 Å². The van der Waals surface area contributed by atoms with Crippen LogP contribution in [0.2, 0.25) is 0 Å². The van der Waals surface area contributed by atoms with Gasteiger partial charge >= 0.3 is 5.97 Å². The average Bonchev–Trinajstić information content (AvgIpc) is 2.99. The molecule has 244 valence electrons. The van der Waals surface area contributed by atoms with Crippen LogP contribution in [0.15, 0.2) is 12.7 Å². The van der Waals surface area contributed by atoms with E-state index in [2.05, 4.69) is 13.5 Å². The second-order valence-electron chi connectivity index (χ2n) is 9.90. The van der Waals surface area contributed by atoms with Crippen molar-refractivity contribution < 1.29 is 42.7 Å². The number of carbonyl (C=O) groups excluding carboxylic acids is 1. The second-order valence-corrected chi connectivity index (χ2v) is 9.90. The molecule has 0 heterocycles. The summed E-state index contributed by atoms with van der Waals surface area (Å²) in [6, 6.07) is 0. The molecule has 0 aromatic rings. The number of hydrogen-bond donors (Lipinski definition) is 0. The number of carbonyl (C=O) groups is 1. The maximum atomic E-state index is 10.8. The zero-order chi connectivity index (χ0) is 29.7. The van der Waals surface area contributed by atoms with Crippen LogP contribution in [0.25, 0.3) is 0 Å². The van der Waals surface area contributed by atoms with Gasteiger partial charge in [-0.15, -0.1) is 0 Å². The number of esters is 1. The van der Waals surface area contributed by atoms with Gasteiger partial charge < -0.3 is 37.9 Å². The Labute approximate surface area is 250 Å². The first-order valence-electron chi connectivity index (χ1n) is 16.1. The van der Waals surface area contributed by atoms with E-state index in [9.17, 15) is 4.79 Å². The summed E-state index contributed by atoms with van der Waals surface area (Å²) in [7, 11) is 0. The molecule has 0 saturated heterocycles. The van der Waals surface area contributed by atoms with Gasteiger partial charge in [0, 0.05) is 12.7 Å². The Balaban J connectivity index is 3.04. The minimum atomic E-state index is -0.449. The Morgan fingerprint density at radius 1 is 0.415 bits per heavy atom. The number of ether oxygens (including phenoxy) is 8. The van der Waals surface area contributed by atoms with Crippen molar-refractivity contribution in [2.75, 3.05) is 99.1 Å². The van der Waals surface area contributed by atoms with Gasteiger partial charge in [0.25, 0.3) is 0 Å². The van der Waals surface area contributed by atoms with Gasteiger partial charge in [0.05, 0.1) is 85.9 Å². The van der Waals surface area contributed by atoms with Gasteiger partial charge in [-0.2, -0.15) is 0 Å². The van der Waals surface area contributed by atoms with Gasteiger partial charge in [0.15, 0.2) is 0 Å². The molecular weight excluding hydrogens is 528 g/mol. The molecule has 0 bridgehead atoms. The quantitative estimate of drug-likeness (QED) is 0.0501. The van der Waals surface area contributed by atoms with Crippen molar-refractivity contribution >= 4 is 5.97 Å². The van der Waals surface area contributed by atoms with Gasteiger partial charge in [0.2, 0.25) is 0 Å². The Morgan fingerprint density at radius 3 is 1.00 bits per heavy atom. The third-order valence-electron chi connectivity index (χ3n) is 6.26. The van der Waals surface area contributed by atoms with E-state index in [0.29, 0.717) is 85.9 Å². The van der Waals surface area contributed by atoms with Gasteiger partial charge in [-0.3, -0.25) is 0 Å². The molecular formula is C32H62O9. The van der Waals surface area contributed by atoms with Gasteiger partial charge in [0.1, 0.15) is 6.61 Å². The van der Waals surface area contributed by atoms with Crippen LogP contribution in [-0.2, 0) is 42.7 Å².